The van der Waals surface area contributed by atoms with E-state index in [0.29, 0.717) is 23.9 Å². The van der Waals surface area contributed by atoms with Crippen molar-refractivity contribution in [2.75, 3.05) is 27.2 Å². The van der Waals surface area contributed by atoms with Crippen LogP contribution in [0.3, 0.4) is 0 Å². The summed E-state index contributed by atoms with van der Waals surface area (Å²) in [7, 11) is 3.47. The third-order valence-corrected chi connectivity index (χ3v) is 3.86. The van der Waals surface area contributed by atoms with Crippen LogP contribution in [-0.2, 0) is 0 Å². The van der Waals surface area contributed by atoms with E-state index in [2.05, 4.69) is 16.9 Å². The highest BCUT2D eigenvalue weighted by molar-refractivity contribution is 6.03. The standard InChI is InChI=1S/C15H21FN2O2/c1-10(17-9-11-5-4-8-18(11)2)14-13(19)7-6-12(16)15(14)20-3/h6-7,11,19H,4-5,8-9H2,1-3H3. The maximum atomic E-state index is 13.7. The van der Waals surface area contributed by atoms with E-state index in [1.807, 2.05) is 0 Å². The minimum absolute atomic E-state index is 0.00993. The molecule has 1 aromatic rings. The number of aliphatic imine (C=N–C) groups is 1. The summed E-state index contributed by atoms with van der Waals surface area (Å²) in [5.41, 5.74) is 0.937. The number of phenolic OH excluding ortho intramolecular Hbond substituents is 1. The molecule has 1 aromatic carbocycles. The van der Waals surface area contributed by atoms with E-state index in [-0.39, 0.29) is 11.5 Å². The predicted molar refractivity (Wildman–Crippen MR) is 77.3 cm³/mol. The number of likely N-dealkylation sites (tertiary alicyclic amines) is 1. The molecular formula is C15H21FN2O2. The van der Waals surface area contributed by atoms with Crippen molar-refractivity contribution >= 4 is 5.71 Å². The molecule has 0 spiro atoms. The average Bonchev–Trinajstić information content (AvgIpc) is 2.83. The summed E-state index contributed by atoms with van der Waals surface area (Å²) in [6.07, 6.45) is 2.31. The molecule has 1 aliphatic heterocycles. The van der Waals surface area contributed by atoms with Crippen LogP contribution in [0.5, 0.6) is 11.5 Å². The van der Waals surface area contributed by atoms with Crippen LogP contribution in [0.25, 0.3) is 0 Å². The lowest BCUT2D eigenvalue weighted by atomic mass is 10.1. The molecule has 1 N–H and O–H groups in total. The number of halogens is 1. The molecule has 110 valence electrons. The second kappa shape index (κ2) is 6.22. The number of phenols is 1. The van der Waals surface area contributed by atoms with Crippen LogP contribution in [0.4, 0.5) is 4.39 Å². The number of ether oxygens (including phenoxy) is 1. The smallest absolute Gasteiger partial charge is 0.167 e. The Labute approximate surface area is 118 Å². The molecule has 0 aromatic heterocycles. The van der Waals surface area contributed by atoms with E-state index < -0.39 is 5.82 Å². The third-order valence-electron chi connectivity index (χ3n) is 3.86. The van der Waals surface area contributed by atoms with Gasteiger partial charge in [-0.3, -0.25) is 4.99 Å². The van der Waals surface area contributed by atoms with Crippen LogP contribution in [-0.4, -0.2) is 49.0 Å². The van der Waals surface area contributed by atoms with Crippen molar-refractivity contribution in [1.29, 1.82) is 0 Å². The number of aromatic hydroxyl groups is 1. The molecule has 4 nitrogen and oxygen atoms in total. The van der Waals surface area contributed by atoms with Crippen molar-refractivity contribution in [3.8, 4) is 11.5 Å². The van der Waals surface area contributed by atoms with E-state index in [1.165, 1.54) is 25.7 Å². The molecule has 1 aliphatic rings. The van der Waals surface area contributed by atoms with Gasteiger partial charge in [-0.1, -0.05) is 0 Å². The second-order valence-corrected chi connectivity index (χ2v) is 5.18. The zero-order chi connectivity index (χ0) is 14.7. The molecule has 1 saturated heterocycles. The van der Waals surface area contributed by atoms with Crippen LogP contribution in [0, 0.1) is 5.82 Å². The lowest BCUT2D eigenvalue weighted by molar-refractivity contribution is 0.317. The van der Waals surface area contributed by atoms with Crippen molar-refractivity contribution in [3.63, 3.8) is 0 Å². The molecule has 2 rings (SSSR count). The quantitative estimate of drug-likeness (QED) is 0.862. The molecule has 0 amide bonds. The van der Waals surface area contributed by atoms with Gasteiger partial charge < -0.3 is 14.7 Å². The van der Waals surface area contributed by atoms with Crippen molar-refractivity contribution in [2.45, 2.75) is 25.8 Å². The Hall–Kier alpha value is -1.62. The van der Waals surface area contributed by atoms with Gasteiger partial charge in [0.1, 0.15) is 5.75 Å². The lowest BCUT2D eigenvalue weighted by Gasteiger charge is -2.18. The first-order chi connectivity index (χ1) is 9.54. The zero-order valence-corrected chi connectivity index (χ0v) is 12.2. The minimum atomic E-state index is -0.493. The first-order valence-corrected chi connectivity index (χ1v) is 6.81. The second-order valence-electron chi connectivity index (χ2n) is 5.18. The number of rotatable bonds is 4. The summed E-state index contributed by atoms with van der Waals surface area (Å²) in [4.78, 5) is 6.78. The van der Waals surface area contributed by atoms with E-state index >= 15 is 0 Å². The number of benzene rings is 1. The monoisotopic (exact) mass is 280 g/mol. The normalized spacial score (nSPS) is 20.4. The van der Waals surface area contributed by atoms with Gasteiger partial charge >= 0.3 is 0 Å². The van der Waals surface area contributed by atoms with Gasteiger partial charge in [0.05, 0.1) is 19.2 Å². The van der Waals surface area contributed by atoms with Gasteiger partial charge in [-0.25, -0.2) is 4.39 Å². The van der Waals surface area contributed by atoms with Crippen LogP contribution in [0.1, 0.15) is 25.3 Å². The largest absolute Gasteiger partial charge is 0.507 e. The molecular weight excluding hydrogens is 259 g/mol. The maximum Gasteiger partial charge on any atom is 0.167 e. The van der Waals surface area contributed by atoms with Gasteiger partial charge in [0.2, 0.25) is 0 Å². The molecule has 0 radical (unpaired) electrons. The van der Waals surface area contributed by atoms with Crippen molar-refractivity contribution < 1.29 is 14.2 Å². The highest BCUT2D eigenvalue weighted by atomic mass is 19.1. The van der Waals surface area contributed by atoms with E-state index in [9.17, 15) is 9.50 Å². The van der Waals surface area contributed by atoms with Gasteiger partial charge in [0.15, 0.2) is 11.6 Å². The summed E-state index contributed by atoms with van der Waals surface area (Å²) in [6, 6.07) is 2.94. The Kier molecular flexibility index (Phi) is 4.60. The molecule has 20 heavy (non-hydrogen) atoms. The Morgan fingerprint density at radius 3 is 2.90 bits per heavy atom. The minimum Gasteiger partial charge on any atom is -0.507 e. The molecule has 1 unspecified atom stereocenters. The molecule has 0 bridgehead atoms. The average molecular weight is 280 g/mol. The Balaban J connectivity index is 2.24. The van der Waals surface area contributed by atoms with Gasteiger partial charge in [0, 0.05) is 11.8 Å². The molecule has 1 heterocycles. The molecule has 0 aliphatic carbocycles. The molecule has 1 fully saturated rings. The van der Waals surface area contributed by atoms with Crippen molar-refractivity contribution in [1.82, 2.24) is 4.90 Å². The van der Waals surface area contributed by atoms with Crippen LogP contribution < -0.4 is 4.74 Å². The number of nitrogens with zero attached hydrogens (tertiary/aromatic N) is 2. The SMILES string of the molecule is COc1c(F)ccc(O)c1C(C)=NCC1CCCN1C. The highest BCUT2D eigenvalue weighted by Crippen LogP contribution is 2.31. The van der Waals surface area contributed by atoms with E-state index in [0.717, 1.165) is 13.0 Å². The van der Waals surface area contributed by atoms with Crippen molar-refractivity contribution in [2.24, 2.45) is 4.99 Å². The number of likely N-dealkylation sites (N-methyl/N-ethyl adjacent to an activating group) is 1. The Morgan fingerprint density at radius 1 is 1.55 bits per heavy atom. The Bertz CT molecular complexity index is 517. The summed E-state index contributed by atoms with van der Waals surface area (Å²) in [5, 5.41) is 9.92. The Morgan fingerprint density at radius 2 is 2.30 bits per heavy atom. The third kappa shape index (κ3) is 2.93. The first-order valence-electron chi connectivity index (χ1n) is 6.81. The molecule has 0 saturated carbocycles. The summed E-state index contributed by atoms with van der Waals surface area (Å²) in [5.74, 6) is -0.455. The highest BCUT2D eigenvalue weighted by Gasteiger charge is 2.21. The van der Waals surface area contributed by atoms with E-state index in [1.54, 1.807) is 6.92 Å². The number of methoxy groups -OCH3 is 1. The van der Waals surface area contributed by atoms with Gasteiger partial charge in [-0.05, 0) is 45.5 Å². The van der Waals surface area contributed by atoms with Crippen LogP contribution in [0.2, 0.25) is 0 Å². The fourth-order valence-electron chi connectivity index (χ4n) is 2.63. The fourth-order valence-corrected chi connectivity index (χ4v) is 2.63. The molecule has 1 atom stereocenters. The van der Waals surface area contributed by atoms with Gasteiger partial charge in [0.25, 0.3) is 0 Å². The number of hydrogen-bond donors (Lipinski definition) is 1. The fraction of sp³-hybridized carbons (Fsp3) is 0.533. The van der Waals surface area contributed by atoms with Gasteiger partial charge in [-0.15, -0.1) is 0 Å². The topological polar surface area (TPSA) is 45.1 Å². The predicted octanol–water partition coefficient (Wildman–Crippen LogP) is 2.44. The zero-order valence-electron chi connectivity index (χ0n) is 12.2. The molecule has 5 heteroatoms. The summed E-state index contributed by atoms with van der Waals surface area (Å²) < 4.78 is 18.7. The first kappa shape index (κ1) is 14.8. The summed E-state index contributed by atoms with van der Waals surface area (Å²) >= 11 is 0. The van der Waals surface area contributed by atoms with Crippen LogP contribution in [0.15, 0.2) is 17.1 Å². The lowest BCUT2D eigenvalue weighted by Crippen LogP contribution is -2.27. The van der Waals surface area contributed by atoms with Crippen LogP contribution >= 0.6 is 0 Å². The van der Waals surface area contributed by atoms with Gasteiger partial charge in [-0.2, -0.15) is 0 Å². The van der Waals surface area contributed by atoms with E-state index in [4.69, 9.17) is 4.74 Å². The summed E-state index contributed by atoms with van der Waals surface area (Å²) in [6.45, 7) is 3.52. The maximum absolute atomic E-state index is 13.7. The van der Waals surface area contributed by atoms with Crippen molar-refractivity contribution in [3.05, 3.63) is 23.5 Å². The number of hydrogen-bond acceptors (Lipinski definition) is 4.